The van der Waals surface area contributed by atoms with Crippen molar-refractivity contribution < 1.29 is 28.5 Å². The Hall–Kier alpha value is -3.02. The van der Waals surface area contributed by atoms with E-state index in [2.05, 4.69) is 6.92 Å². The van der Waals surface area contributed by atoms with E-state index >= 15 is 0 Å². The Balaban J connectivity index is 1.53. The average Bonchev–Trinajstić information content (AvgIpc) is 2.87. The minimum Gasteiger partial charge on any atom is -0.494 e. The quantitative estimate of drug-likeness (QED) is 0.138. The lowest BCUT2D eigenvalue weighted by molar-refractivity contribution is -0.134. The second-order valence-corrected chi connectivity index (χ2v) is 9.69. The van der Waals surface area contributed by atoms with Gasteiger partial charge in [0.05, 0.1) is 6.61 Å². The highest BCUT2D eigenvalue weighted by Crippen LogP contribution is 2.41. The molecule has 3 rings (SSSR count). The lowest BCUT2D eigenvalue weighted by Gasteiger charge is -2.28. The van der Waals surface area contributed by atoms with Gasteiger partial charge in [-0.3, -0.25) is 9.59 Å². The predicted molar refractivity (Wildman–Crippen MR) is 145 cm³/mol. The lowest BCUT2D eigenvalue weighted by Crippen LogP contribution is -2.17. The fraction of sp³-hybridized carbons (Fsp3) is 0.548. The Bertz CT molecular complexity index is 1010. The van der Waals surface area contributed by atoms with Crippen molar-refractivity contribution in [3.63, 3.8) is 0 Å². The summed E-state index contributed by atoms with van der Waals surface area (Å²) in [6, 6.07) is 11.0. The number of rotatable bonds is 15. The van der Waals surface area contributed by atoms with Gasteiger partial charge in [0, 0.05) is 31.0 Å². The van der Waals surface area contributed by atoms with Gasteiger partial charge in [0.15, 0.2) is 0 Å². The van der Waals surface area contributed by atoms with Gasteiger partial charge >= 0.3 is 11.9 Å². The van der Waals surface area contributed by atoms with E-state index in [9.17, 15) is 9.59 Å². The molecule has 0 saturated heterocycles. The zero-order valence-electron chi connectivity index (χ0n) is 22.7. The first kappa shape index (κ1) is 28.5. The van der Waals surface area contributed by atoms with Crippen molar-refractivity contribution >= 4 is 11.9 Å². The molecule has 1 atom stereocenters. The second kappa shape index (κ2) is 15.3. The van der Waals surface area contributed by atoms with E-state index < -0.39 is 5.97 Å². The fourth-order valence-electron chi connectivity index (χ4n) is 4.68. The van der Waals surface area contributed by atoms with E-state index in [1.807, 2.05) is 31.2 Å². The van der Waals surface area contributed by atoms with Crippen LogP contribution in [0, 0.1) is 0 Å². The van der Waals surface area contributed by atoms with Crippen LogP contribution in [0.2, 0.25) is 0 Å². The smallest absolute Gasteiger partial charge is 0.311 e. The predicted octanol–water partition coefficient (Wildman–Crippen LogP) is 7.90. The molecule has 6 heteroatoms. The van der Waals surface area contributed by atoms with E-state index in [4.69, 9.17) is 18.9 Å². The number of ether oxygens (including phenoxy) is 4. The Labute approximate surface area is 221 Å². The number of benzene rings is 2. The molecule has 0 N–H and O–H groups in total. The molecule has 0 bridgehead atoms. The molecule has 6 nitrogen and oxygen atoms in total. The summed E-state index contributed by atoms with van der Waals surface area (Å²) in [7, 11) is 0. The third kappa shape index (κ3) is 9.42. The molecule has 0 saturated carbocycles. The van der Waals surface area contributed by atoms with Gasteiger partial charge in [-0.1, -0.05) is 64.4 Å². The second-order valence-electron chi connectivity index (χ2n) is 9.69. The molecular weight excluding hydrogens is 468 g/mol. The van der Waals surface area contributed by atoms with Crippen molar-refractivity contribution in [2.24, 2.45) is 0 Å². The molecule has 1 unspecified atom stereocenters. The highest BCUT2D eigenvalue weighted by atomic mass is 16.5. The van der Waals surface area contributed by atoms with Crippen LogP contribution in [-0.2, 0) is 16.0 Å². The van der Waals surface area contributed by atoms with Gasteiger partial charge < -0.3 is 18.9 Å². The Kier molecular flexibility index (Phi) is 11.8. The zero-order valence-corrected chi connectivity index (χ0v) is 22.7. The summed E-state index contributed by atoms with van der Waals surface area (Å²) in [5.74, 6) is 1.65. The maximum absolute atomic E-state index is 12.4. The van der Waals surface area contributed by atoms with E-state index in [0.717, 1.165) is 36.8 Å². The zero-order chi connectivity index (χ0) is 26.5. The molecule has 0 spiro atoms. The van der Waals surface area contributed by atoms with Gasteiger partial charge in [0.25, 0.3) is 0 Å². The summed E-state index contributed by atoms with van der Waals surface area (Å²) in [5, 5.41) is 0. The summed E-state index contributed by atoms with van der Waals surface area (Å²) in [6.45, 7) is 6.04. The fourth-order valence-corrected chi connectivity index (χ4v) is 4.68. The Morgan fingerprint density at radius 1 is 0.865 bits per heavy atom. The SMILES string of the molecule is CCCCCCCCCCCC(=O)Oc1ccc2c(c1)OC(c1ccc(OCC)cc1OC(C)=O)CC2. The molecule has 0 radical (unpaired) electrons. The van der Waals surface area contributed by atoms with Crippen LogP contribution in [0.5, 0.6) is 23.0 Å². The molecule has 1 aliphatic heterocycles. The Morgan fingerprint density at radius 2 is 1.57 bits per heavy atom. The van der Waals surface area contributed by atoms with Crippen molar-refractivity contribution in [1.29, 1.82) is 0 Å². The van der Waals surface area contributed by atoms with Gasteiger partial charge in [0.2, 0.25) is 0 Å². The first-order valence-corrected chi connectivity index (χ1v) is 14.0. The maximum Gasteiger partial charge on any atom is 0.311 e. The normalized spacial score (nSPS) is 14.4. The van der Waals surface area contributed by atoms with Crippen LogP contribution < -0.4 is 18.9 Å². The molecule has 0 amide bonds. The van der Waals surface area contributed by atoms with Gasteiger partial charge in [0.1, 0.15) is 29.1 Å². The number of carbonyl (C=O) groups excluding carboxylic acids is 2. The first-order valence-electron chi connectivity index (χ1n) is 14.0. The average molecular weight is 511 g/mol. The van der Waals surface area contributed by atoms with Crippen LogP contribution in [0.1, 0.15) is 109 Å². The van der Waals surface area contributed by atoms with E-state index in [1.54, 1.807) is 12.1 Å². The molecular formula is C31H42O6. The van der Waals surface area contributed by atoms with Crippen LogP contribution in [0.25, 0.3) is 0 Å². The van der Waals surface area contributed by atoms with Crippen molar-refractivity contribution in [2.75, 3.05) is 6.61 Å². The number of fused-ring (bicyclic) bond motifs is 1. The topological polar surface area (TPSA) is 71.1 Å². The lowest BCUT2D eigenvalue weighted by atomic mass is 9.96. The van der Waals surface area contributed by atoms with Gasteiger partial charge in [-0.05, 0) is 49.9 Å². The van der Waals surface area contributed by atoms with Gasteiger partial charge in [-0.15, -0.1) is 0 Å². The molecule has 1 heterocycles. The minimum atomic E-state index is -0.396. The summed E-state index contributed by atoms with van der Waals surface area (Å²) in [5.41, 5.74) is 1.85. The number of aryl methyl sites for hydroxylation is 1. The molecule has 0 aromatic heterocycles. The molecule has 37 heavy (non-hydrogen) atoms. The maximum atomic E-state index is 12.4. The van der Waals surface area contributed by atoms with Crippen LogP contribution in [0.4, 0.5) is 0 Å². The molecule has 1 aliphatic rings. The summed E-state index contributed by atoms with van der Waals surface area (Å²) in [4.78, 5) is 24.1. The van der Waals surface area contributed by atoms with E-state index in [-0.39, 0.29) is 12.1 Å². The highest BCUT2D eigenvalue weighted by Gasteiger charge is 2.26. The van der Waals surface area contributed by atoms with Crippen molar-refractivity contribution in [1.82, 2.24) is 0 Å². The summed E-state index contributed by atoms with van der Waals surface area (Å²) < 4.78 is 22.9. The monoisotopic (exact) mass is 510 g/mol. The summed E-state index contributed by atoms with van der Waals surface area (Å²) in [6.07, 6.45) is 12.6. The summed E-state index contributed by atoms with van der Waals surface area (Å²) >= 11 is 0. The van der Waals surface area contributed by atoms with Crippen LogP contribution >= 0.6 is 0 Å². The van der Waals surface area contributed by atoms with Crippen molar-refractivity contribution in [2.45, 2.75) is 104 Å². The molecule has 2 aromatic rings. The first-order chi connectivity index (χ1) is 18.0. The van der Waals surface area contributed by atoms with E-state index in [0.29, 0.717) is 36.0 Å². The third-order valence-corrected chi connectivity index (χ3v) is 6.60. The van der Waals surface area contributed by atoms with Crippen LogP contribution in [0.15, 0.2) is 36.4 Å². The van der Waals surface area contributed by atoms with Crippen molar-refractivity contribution in [3.8, 4) is 23.0 Å². The molecule has 0 aliphatic carbocycles. The minimum absolute atomic E-state index is 0.209. The van der Waals surface area contributed by atoms with E-state index in [1.165, 1.54) is 51.9 Å². The number of carbonyl (C=O) groups is 2. The number of unbranched alkanes of at least 4 members (excludes halogenated alkanes) is 8. The Morgan fingerprint density at radius 3 is 2.27 bits per heavy atom. The number of hydrogen-bond acceptors (Lipinski definition) is 6. The highest BCUT2D eigenvalue weighted by molar-refractivity contribution is 5.72. The van der Waals surface area contributed by atoms with Crippen molar-refractivity contribution in [3.05, 3.63) is 47.5 Å². The van der Waals surface area contributed by atoms with Gasteiger partial charge in [-0.25, -0.2) is 0 Å². The number of hydrogen-bond donors (Lipinski definition) is 0. The standard InChI is InChI=1S/C31H42O6/c1-4-6-7-8-9-10-11-12-13-14-31(33)36-26-17-15-24-16-20-28(37-29(24)22-26)27-19-18-25(34-5-2)21-30(27)35-23(3)32/h15,17-19,21-22,28H,4-14,16,20H2,1-3H3. The largest absolute Gasteiger partial charge is 0.494 e. The molecule has 2 aromatic carbocycles. The molecule has 202 valence electrons. The van der Waals surface area contributed by atoms with Gasteiger partial charge in [-0.2, -0.15) is 0 Å². The molecule has 0 fully saturated rings. The number of esters is 2. The van der Waals surface area contributed by atoms with Crippen LogP contribution in [0.3, 0.4) is 0 Å². The van der Waals surface area contributed by atoms with Crippen LogP contribution in [-0.4, -0.2) is 18.5 Å². The third-order valence-electron chi connectivity index (χ3n) is 6.60.